The van der Waals surface area contributed by atoms with Gasteiger partial charge < -0.3 is 0 Å². The third-order valence-electron chi connectivity index (χ3n) is 8.65. The van der Waals surface area contributed by atoms with Crippen molar-refractivity contribution < 1.29 is 0 Å². The molecule has 1 aliphatic rings. The van der Waals surface area contributed by atoms with E-state index in [0.29, 0.717) is 5.92 Å². The number of unbranched alkanes of at least 4 members (excludes halogenated alkanes) is 7. The fourth-order valence-corrected chi connectivity index (χ4v) is 6.05. The van der Waals surface area contributed by atoms with Crippen LogP contribution < -0.4 is 10.4 Å². The molecular formula is C37H60. The molecule has 0 heterocycles. The largest absolute Gasteiger partial charge is 0.0761 e. The highest BCUT2D eigenvalue weighted by Crippen LogP contribution is 2.29. The number of benzene rings is 2. The van der Waals surface area contributed by atoms with E-state index in [-0.39, 0.29) is 0 Å². The number of rotatable bonds is 16. The summed E-state index contributed by atoms with van der Waals surface area (Å²) < 4.78 is 0. The van der Waals surface area contributed by atoms with Gasteiger partial charge in [0.1, 0.15) is 0 Å². The Labute approximate surface area is 231 Å². The zero-order valence-corrected chi connectivity index (χ0v) is 25.9. The summed E-state index contributed by atoms with van der Waals surface area (Å²) in [6.45, 7) is 15.8. The van der Waals surface area contributed by atoms with E-state index in [9.17, 15) is 0 Å². The Hall–Kier alpha value is -1.56. The first-order valence-corrected chi connectivity index (χ1v) is 16.4. The molecule has 2 aromatic carbocycles. The van der Waals surface area contributed by atoms with Gasteiger partial charge in [-0.15, -0.1) is 0 Å². The minimum absolute atomic E-state index is 0.634. The molecule has 0 fully saturated rings. The SMILES string of the molecule is CC.CCCCCCCCc1c2c(c(CCC(C)CCCCC)c3ccc(C(C)CC)cc13)=CCCC=2. The quantitative estimate of drug-likeness (QED) is 0.199. The first-order chi connectivity index (χ1) is 18.1. The van der Waals surface area contributed by atoms with Crippen LogP contribution in [0.2, 0.25) is 0 Å². The number of fused-ring (bicyclic) bond motifs is 2. The molecule has 2 atom stereocenters. The van der Waals surface area contributed by atoms with Crippen molar-refractivity contribution in [3.8, 4) is 0 Å². The molecule has 3 rings (SSSR count). The molecule has 0 heteroatoms. The predicted octanol–water partition coefficient (Wildman–Crippen LogP) is 10.8. The maximum Gasteiger partial charge on any atom is -0.0140 e. The minimum Gasteiger partial charge on any atom is -0.0761 e. The molecule has 37 heavy (non-hydrogen) atoms. The molecule has 0 nitrogen and oxygen atoms in total. The molecule has 208 valence electrons. The highest BCUT2D eigenvalue weighted by molar-refractivity contribution is 5.90. The molecule has 2 unspecified atom stereocenters. The lowest BCUT2D eigenvalue weighted by Crippen LogP contribution is -2.35. The van der Waals surface area contributed by atoms with Crippen LogP contribution in [0.1, 0.15) is 161 Å². The van der Waals surface area contributed by atoms with Gasteiger partial charge in [-0.25, -0.2) is 0 Å². The van der Waals surface area contributed by atoms with Crippen LogP contribution in [0.4, 0.5) is 0 Å². The number of hydrogen-bond donors (Lipinski definition) is 0. The Balaban J connectivity index is 0.00000235. The lowest BCUT2D eigenvalue weighted by Gasteiger charge is -2.20. The van der Waals surface area contributed by atoms with Crippen molar-refractivity contribution in [2.24, 2.45) is 5.92 Å². The first kappa shape index (κ1) is 31.7. The second kappa shape index (κ2) is 17.9. The van der Waals surface area contributed by atoms with Crippen LogP contribution in [-0.4, -0.2) is 0 Å². The molecule has 2 aromatic rings. The Bertz CT molecular complexity index is 1020. The second-order valence-corrected chi connectivity index (χ2v) is 11.5. The Kier molecular flexibility index (Phi) is 15.3. The molecule has 0 bridgehead atoms. The van der Waals surface area contributed by atoms with Gasteiger partial charge >= 0.3 is 0 Å². The van der Waals surface area contributed by atoms with Crippen molar-refractivity contribution in [3.05, 3.63) is 45.3 Å². The van der Waals surface area contributed by atoms with Crippen LogP contribution in [0.5, 0.6) is 0 Å². The van der Waals surface area contributed by atoms with Crippen molar-refractivity contribution in [2.75, 3.05) is 0 Å². The summed E-state index contributed by atoms with van der Waals surface area (Å²) in [4.78, 5) is 0. The number of aryl methyl sites for hydroxylation is 2. The zero-order valence-electron chi connectivity index (χ0n) is 25.9. The summed E-state index contributed by atoms with van der Waals surface area (Å²) >= 11 is 0. The molecule has 0 aliphatic heterocycles. The lowest BCUT2D eigenvalue weighted by atomic mass is 9.84. The highest BCUT2D eigenvalue weighted by Gasteiger charge is 2.16. The van der Waals surface area contributed by atoms with E-state index in [1.165, 1.54) is 108 Å². The summed E-state index contributed by atoms with van der Waals surface area (Å²) in [5.41, 5.74) is 4.84. The number of hydrogen-bond acceptors (Lipinski definition) is 0. The third-order valence-corrected chi connectivity index (χ3v) is 8.65. The van der Waals surface area contributed by atoms with E-state index in [2.05, 4.69) is 65.0 Å². The fourth-order valence-electron chi connectivity index (χ4n) is 6.05. The van der Waals surface area contributed by atoms with Crippen LogP contribution in [0, 0.1) is 5.92 Å². The Morgan fingerprint density at radius 1 is 0.649 bits per heavy atom. The fraction of sp³-hybridized carbons (Fsp3) is 0.676. The van der Waals surface area contributed by atoms with E-state index in [0.717, 1.165) is 5.92 Å². The van der Waals surface area contributed by atoms with Crippen LogP contribution in [0.25, 0.3) is 22.9 Å². The van der Waals surface area contributed by atoms with E-state index < -0.39 is 0 Å². The predicted molar refractivity (Wildman–Crippen MR) is 170 cm³/mol. The van der Waals surface area contributed by atoms with E-state index in [1.807, 2.05) is 13.8 Å². The minimum atomic E-state index is 0.634. The summed E-state index contributed by atoms with van der Waals surface area (Å²) in [5.74, 6) is 1.46. The molecule has 0 N–H and O–H groups in total. The summed E-state index contributed by atoms with van der Waals surface area (Å²) in [6.07, 6.45) is 26.3. The van der Waals surface area contributed by atoms with Crippen LogP contribution in [0.15, 0.2) is 18.2 Å². The standard InChI is InChI=1S/C35H54.C2H6/c1-6-9-11-12-13-15-19-32-30-20-16-17-21-31(30)33(24-22-27(4)18-14-10-7-2)34-25-23-29(26-35(32)34)28(5)8-3;1-2/h20-21,23,25-28H,6-19,22,24H2,1-5H3;1-2H3. The van der Waals surface area contributed by atoms with E-state index in [4.69, 9.17) is 0 Å². The van der Waals surface area contributed by atoms with Gasteiger partial charge in [-0.05, 0) is 94.7 Å². The van der Waals surface area contributed by atoms with E-state index >= 15 is 0 Å². The Morgan fingerprint density at radius 2 is 1.24 bits per heavy atom. The first-order valence-electron chi connectivity index (χ1n) is 16.4. The van der Waals surface area contributed by atoms with Crippen molar-refractivity contribution >= 4 is 22.9 Å². The van der Waals surface area contributed by atoms with Gasteiger partial charge in [-0.2, -0.15) is 0 Å². The molecule has 0 saturated carbocycles. The molecule has 0 spiro atoms. The van der Waals surface area contributed by atoms with Gasteiger partial charge in [0.05, 0.1) is 0 Å². The topological polar surface area (TPSA) is 0 Å². The third kappa shape index (κ3) is 9.30. The van der Waals surface area contributed by atoms with Crippen LogP contribution >= 0.6 is 0 Å². The maximum atomic E-state index is 2.59. The van der Waals surface area contributed by atoms with Gasteiger partial charge in [0, 0.05) is 0 Å². The lowest BCUT2D eigenvalue weighted by molar-refractivity contribution is 0.464. The Morgan fingerprint density at radius 3 is 1.89 bits per heavy atom. The van der Waals surface area contributed by atoms with Gasteiger partial charge in [-0.3, -0.25) is 0 Å². The molecule has 0 amide bonds. The van der Waals surface area contributed by atoms with Gasteiger partial charge in [0.15, 0.2) is 0 Å². The van der Waals surface area contributed by atoms with Crippen molar-refractivity contribution in [2.45, 2.75) is 157 Å². The van der Waals surface area contributed by atoms with Crippen molar-refractivity contribution in [1.29, 1.82) is 0 Å². The molecule has 0 aromatic heterocycles. The smallest absolute Gasteiger partial charge is 0.0140 e. The molecular weight excluding hydrogens is 444 g/mol. The summed E-state index contributed by atoms with van der Waals surface area (Å²) in [5, 5.41) is 6.34. The van der Waals surface area contributed by atoms with Gasteiger partial charge in [0.2, 0.25) is 0 Å². The monoisotopic (exact) mass is 504 g/mol. The summed E-state index contributed by atoms with van der Waals surface area (Å²) in [6, 6.07) is 7.53. The highest BCUT2D eigenvalue weighted by atomic mass is 14.2. The maximum absolute atomic E-state index is 2.59. The van der Waals surface area contributed by atoms with E-state index in [1.54, 1.807) is 32.3 Å². The van der Waals surface area contributed by atoms with Gasteiger partial charge in [0.25, 0.3) is 0 Å². The second-order valence-electron chi connectivity index (χ2n) is 11.5. The van der Waals surface area contributed by atoms with Crippen molar-refractivity contribution in [3.63, 3.8) is 0 Å². The normalized spacial score (nSPS) is 14.2. The average Bonchev–Trinajstić information content (AvgIpc) is 2.94. The zero-order chi connectivity index (χ0) is 27.0. The van der Waals surface area contributed by atoms with Crippen LogP contribution in [0.3, 0.4) is 0 Å². The summed E-state index contributed by atoms with van der Waals surface area (Å²) in [7, 11) is 0. The van der Waals surface area contributed by atoms with Gasteiger partial charge in [-0.1, -0.05) is 137 Å². The van der Waals surface area contributed by atoms with Crippen LogP contribution in [-0.2, 0) is 12.8 Å². The molecule has 0 saturated heterocycles. The average molecular weight is 505 g/mol. The molecule has 0 radical (unpaired) electrons. The molecule has 1 aliphatic carbocycles. The van der Waals surface area contributed by atoms with Crippen molar-refractivity contribution in [1.82, 2.24) is 0 Å².